The minimum absolute atomic E-state index is 0.246. The zero-order valence-electron chi connectivity index (χ0n) is 14.0. The van der Waals surface area contributed by atoms with E-state index in [1.54, 1.807) is 29.5 Å². The molecule has 0 spiro atoms. The Balaban J connectivity index is 1.50. The molecule has 1 aliphatic rings. The summed E-state index contributed by atoms with van der Waals surface area (Å²) in [7, 11) is -3.68. The van der Waals surface area contributed by atoms with E-state index in [9.17, 15) is 8.42 Å². The zero-order chi connectivity index (χ0) is 18.4. The summed E-state index contributed by atoms with van der Waals surface area (Å²) in [5.41, 5.74) is 2.64. The SMILES string of the molecule is O=S(=O)(Nc1sccc1-c1nc2ccccc2s1)c1ccc2c(c1)CCO2. The number of para-hydroxylation sites is 1. The van der Waals surface area contributed by atoms with E-state index in [4.69, 9.17) is 4.74 Å². The third kappa shape index (κ3) is 2.99. The number of nitrogens with zero attached hydrogens (tertiary/aromatic N) is 1. The Bertz CT molecular complexity index is 1230. The zero-order valence-corrected chi connectivity index (χ0v) is 16.5. The molecule has 1 aliphatic heterocycles. The molecule has 5 nitrogen and oxygen atoms in total. The lowest BCUT2D eigenvalue weighted by Crippen LogP contribution is -2.12. The number of sulfonamides is 1. The van der Waals surface area contributed by atoms with Gasteiger partial charge in [0.2, 0.25) is 0 Å². The molecular weight excluding hydrogens is 400 g/mol. The van der Waals surface area contributed by atoms with Gasteiger partial charge in [0.15, 0.2) is 0 Å². The smallest absolute Gasteiger partial charge is 0.262 e. The standard InChI is InChI=1S/C19H14N2O3S3/c22-27(23,13-5-6-16-12(11-13)7-9-24-16)21-19-14(8-10-25-19)18-20-15-3-1-2-4-17(15)26-18/h1-6,8,10-11,21H,7,9H2. The average molecular weight is 415 g/mol. The van der Waals surface area contributed by atoms with Gasteiger partial charge in [-0.15, -0.1) is 22.7 Å². The van der Waals surface area contributed by atoms with Gasteiger partial charge in [-0.05, 0) is 47.3 Å². The predicted molar refractivity (Wildman–Crippen MR) is 109 cm³/mol. The number of hydrogen-bond acceptors (Lipinski definition) is 6. The Kier molecular flexibility index (Phi) is 3.92. The van der Waals surface area contributed by atoms with Crippen molar-refractivity contribution in [3.05, 3.63) is 59.5 Å². The molecule has 0 saturated heterocycles. The van der Waals surface area contributed by atoms with Gasteiger partial charge >= 0.3 is 0 Å². The van der Waals surface area contributed by atoms with Crippen LogP contribution in [0.1, 0.15) is 5.56 Å². The van der Waals surface area contributed by atoms with E-state index in [-0.39, 0.29) is 4.90 Å². The first-order chi connectivity index (χ1) is 13.1. The molecule has 3 heterocycles. The molecule has 0 saturated carbocycles. The second kappa shape index (κ2) is 6.33. The van der Waals surface area contributed by atoms with Crippen molar-refractivity contribution in [3.63, 3.8) is 0 Å². The van der Waals surface area contributed by atoms with Crippen molar-refractivity contribution in [1.82, 2.24) is 4.98 Å². The van der Waals surface area contributed by atoms with Crippen LogP contribution in [0, 0.1) is 0 Å². The number of ether oxygens (including phenoxy) is 1. The molecule has 27 heavy (non-hydrogen) atoms. The number of rotatable bonds is 4. The minimum Gasteiger partial charge on any atom is -0.493 e. The van der Waals surface area contributed by atoms with E-state index in [2.05, 4.69) is 9.71 Å². The number of thiophene rings is 1. The van der Waals surface area contributed by atoms with Crippen molar-refractivity contribution < 1.29 is 13.2 Å². The van der Waals surface area contributed by atoms with Crippen LogP contribution in [-0.4, -0.2) is 20.0 Å². The predicted octanol–water partition coefficient (Wildman–Crippen LogP) is 4.76. The molecule has 0 amide bonds. The van der Waals surface area contributed by atoms with E-state index < -0.39 is 10.0 Å². The molecule has 0 radical (unpaired) electrons. The fourth-order valence-electron chi connectivity index (χ4n) is 3.06. The summed E-state index contributed by atoms with van der Waals surface area (Å²) in [6.07, 6.45) is 0.731. The summed E-state index contributed by atoms with van der Waals surface area (Å²) < 4.78 is 35.1. The van der Waals surface area contributed by atoms with Crippen LogP contribution in [0.2, 0.25) is 0 Å². The van der Waals surface area contributed by atoms with Gasteiger partial charge in [-0.2, -0.15) is 0 Å². The first-order valence-electron chi connectivity index (χ1n) is 8.32. The summed E-state index contributed by atoms with van der Waals surface area (Å²) >= 11 is 2.90. The summed E-state index contributed by atoms with van der Waals surface area (Å²) in [6.45, 7) is 0.596. The van der Waals surface area contributed by atoms with Crippen molar-refractivity contribution in [2.45, 2.75) is 11.3 Å². The number of nitrogens with one attached hydrogen (secondary N) is 1. The van der Waals surface area contributed by atoms with Crippen LogP contribution in [0.25, 0.3) is 20.8 Å². The first kappa shape index (κ1) is 16.7. The number of thiazole rings is 1. The van der Waals surface area contributed by atoms with Gasteiger partial charge in [-0.1, -0.05) is 12.1 Å². The molecular formula is C19H14N2O3S3. The Morgan fingerprint density at radius 3 is 2.89 bits per heavy atom. The Hall–Kier alpha value is -2.42. The van der Waals surface area contributed by atoms with Crippen LogP contribution in [0.5, 0.6) is 5.75 Å². The Labute approximate surface area is 164 Å². The molecule has 2 aromatic carbocycles. The third-order valence-electron chi connectivity index (χ3n) is 4.39. The lowest BCUT2D eigenvalue weighted by molar-refractivity contribution is 0.356. The molecule has 8 heteroatoms. The van der Waals surface area contributed by atoms with E-state index in [0.29, 0.717) is 11.6 Å². The highest BCUT2D eigenvalue weighted by molar-refractivity contribution is 7.93. The van der Waals surface area contributed by atoms with Crippen LogP contribution in [0.4, 0.5) is 5.00 Å². The van der Waals surface area contributed by atoms with Crippen LogP contribution in [0.3, 0.4) is 0 Å². The maximum absolute atomic E-state index is 12.9. The molecule has 0 unspecified atom stereocenters. The number of benzene rings is 2. The van der Waals surface area contributed by atoms with E-state index >= 15 is 0 Å². The van der Waals surface area contributed by atoms with Crippen molar-refractivity contribution in [2.75, 3.05) is 11.3 Å². The van der Waals surface area contributed by atoms with Crippen molar-refractivity contribution >= 4 is 47.9 Å². The van der Waals surface area contributed by atoms with Gasteiger partial charge in [0.1, 0.15) is 15.8 Å². The van der Waals surface area contributed by atoms with Gasteiger partial charge in [-0.3, -0.25) is 4.72 Å². The van der Waals surface area contributed by atoms with Crippen LogP contribution in [0.15, 0.2) is 58.8 Å². The third-order valence-corrected chi connectivity index (χ3v) is 7.76. The molecule has 0 bridgehead atoms. The molecule has 1 N–H and O–H groups in total. The highest BCUT2D eigenvalue weighted by Crippen LogP contribution is 2.39. The minimum atomic E-state index is -3.68. The molecule has 5 rings (SSSR count). The summed E-state index contributed by atoms with van der Waals surface area (Å²) in [5.74, 6) is 0.764. The van der Waals surface area contributed by atoms with Crippen molar-refractivity contribution in [2.24, 2.45) is 0 Å². The van der Waals surface area contributed by atoms with Crippen LogP contribution in [-0.2, 0) is 16.4 Å². The van der Waals surface area contributed by atoms with Gasteiger partial charge in [-0.25, -0.2) is 13.4 Å². The summed E-state index contributed by atoms with van der Waals surface area (Å²) in [4.78, 5) is 4.89. The average Bonchev–Trinajstić information content (AvgIpc) is 3.39. The van der Waals surface area contributed by atoms with Crippen molar-refractivity contribution in [3.8, 4) is 16.3 Å². The van der Waals surface area contributed by atoms with Gasteiger partial charge in [0, 0.05) is 12.0 Å². The van der Waals surface area contributed by atoms with E-state index in [1.807, 2.05) is 35.7 Å². The second-order valence-corrected chi connectivity index (χ2v) is 9.75. The molecule has 2 aromatic heterocycles. The molecule has 0 fully saturated rings. The van der Waals surface area contributed by atoms with Crippen molar-refractivity contribution in [1.29, 1.82) is 0 Å². The molecule has 0 atom stereocenters. The fourth-order valence-corrected chi connectivity index (χ4v) is 6.29. The topological polar surface area (TPSA) is 68.3 Å². The van der Waals surface area contributed by atoms with E-state index in [0.717, 1.165) is 38.5 Å². The Morgan fingerprint density at radius 1 is 1.11 bits per heavy atom. The Morgan fingerprint density at radius 2 is 2.00 bits per heavy atom. The molecule has 136 valence electrons. The number of anilines is 1. The summed E-state index contributed by atoms with van der Waals surface area (Å²) in [5, 5.41) is 3.25. The van der Waals surface area contributed by atoms with Crippen LogP contribution >= 0.6 is 22.7 Å². The maximum atomic E-state index is 12.9. The van der Waals surface area contributed by atoms with Gasteiger partial charge in [0.25, 0.3) is 10.0 Å². The molecule has 0 aliphatic carbocycles. The largest absolute Gasteiger partial charge is 0.493 e. The number of aromatic nitrogens is 1. The second-order valence-electron chi connectivity index (χ2n) is 6.12. The first-order valence-corrected chi connectivity index (χ1v) is 11.5. The highest BCUT2D eigenvalue weighted by atomic mass is 32.2. The maximum Gasteiger partial charge on any atom is 0.262 e. The highest BCUT2D eigenvalue weighted by Gasteiger charge is 2.22. The van der Waals surface area contributed by atoms with Gasteiger partial charge in [0.05, 0.1) is 21.7 Å². The number of hydrogen-bond donors (Lipinski definition) is 1. The summed E-state index contributed by atoms with van der Waals surface area (Å²) in [6, 6.07) is 14.8. The lowest BCUT2D eigenvalue weighted by atomic mass is 10.2. The lowest BCUT2D eigenvalue weighted by Gasteiger charge is -2.09. The fraction of sp³-hybridized carbons (Fsp3) is 0.105. The normalized spacial score (nSPS) is 13.5. The van der Waals surface area contributed by atoms with Gasteiger partial charge < -0.3 is 4.74 Å². The molecule has 4 aromatic rings. The number of fused-ring (bicyclic) bond motifs is 2. The van der Waals surface area contributed by atoms with Crippen LogP contribution < -0.4 is 9.46 Å². The monoisotopic (exact) mass is 414 g/mol. The quantitative estimate of drug-likeness (QED) is 0.523. The van der Waals surface area contributed by atoms with E-state index in [1.165, 1.54) is 11.3 Å².